The normalized spacial score (nSPS) is 11.7. The molecule has 0 unspecified atom stereocenters. The maximum Gasteiger partial charge on any atom is 0.262 e. The van der Waals surface area contributed by atoms with Gasteiger partial charge < -0.3 is 0 Å². The molecule has 0 fully saturated rings. The molecule has 0 aliphatic heterocycles. The minimum absolute atomic E-state index is 0.137. The third-order valence-electron chi connectivity index (χ3n) is 10.6. The molecule has 12 heteroatoms. The highest BCUT2D eigenvalue weighted by Gasteiger charge is 2.22. The van der Waals surface area contributed by atoms with Crippen LogP contribution in [-0.4, -0.2) is 25.3 Å². The molecule has 64 heavy (non-hydrogen) atoms. The molecule has 10 rings (SSSR count). The third-order valence-corrected chi connectivity index (χ3v) is 14.8. The minimum atomic E-state index is -3.90. The summed E-state index contributed by atoms with van der Waals surface area (Å²) in [5.41, 5.74) is 4.43. The van der Waals surface area contributed by atoms with E-state index in [9.17, 15) is 25.3 Å². The van der Waals surface area contributed by atoms with Crippen molar-refractivity contribution >= 4 is 102 Å². The number of hydrogen-bond donors (Lipinski definition) is 0. The molecule has 0 bridgehead atoms. The molecule has 0 saturated heterocycles. The van der Waals surface area contributed by atoms with Gasteiger partial charge in [-0.05, 0) is 72.6 Å². The lowest BCUT2D eigenvalue weighted by atomic mass is 9.96. The van der Waals surface area contributed by atoms with Gasteiger partial charge in [0.05, 0.1) is 14.7 Å². The number of hydrogen-bond acceptors (Lipinski definition) is 6. The Morgan fingerprint density at radius 2 is 0.750 bits per heavy atom. The van der Waals surface area contributed by atoms with Gasteiger partial charge in [0.2, 0.25) is 0 Å². The first-order chi connectivity index (χ1) is 30.7. The standard InChI is InChI=1S/2C20H13ClO2S.C12H9ClO2S/c21-24(22,23)20-17-10-4-2-7-15(17)12-13-19(20)18-11-5-8-14-6-1-3-9-16(14)18;21-24(22,23)19-12-11-15-6-3-4-8-18(15)20(19)17-10-9-14-5-1-2-7-16(14)13-17;13-16(14,15)12-9-5-4-8-11(12)10-6-2-1-3-7-10/h2*1-13H;1-9H. The van der Waals surface area contributed by atoms with Gasteiger partial charge in [0.1, 0.15) is 0 Å². The topological polar surface area (TPSA) is 102 Å². The van der Waals surface area contributed by atoms with E-state index in [-0.39, 0.29) is 14.7 Å². The lowest BCUT2D eigenvalue weighted by Gasteiger charge is -2.13. The maximum absolute atomic E-state index is 12.3. The van der Waals surface area contributed by atoms with Crippen LogP contribution in [-0.2, 0) is 27.2 Å². The quantitative estimate of drug-likeness (QED) is 0.154. The van der Waals surface area contributed by atoms with E-state index in [0.717, 1.165) is 54.4 Å². The molecular formula is C52H35Cl3O6S3. The van der Waals surface area contributed by atoms with Gasteiger partial charge in [0.15, 0.2) is 0 Å². The Labute approximate surface area is 385 Å². The predicted octanol–water partition coefficient (Wildman–Crippen LogP) is 14.5. The van der Waals surface area contributed by atoms with Gasteiger partial charge in [-0.3, -0.25) is 0 Å². The molecule has 0 spiro atoms. The first-order valence-corrected chi connectivity index (χ1v) is 26.6. The second kappa shape index (κ2) is 18.6. The molecule has 0 aliphatic rings. The molecule has 0 heterocycles. The Morgan fingerprint density at radius 1 is 0.281 bits per heavy atom. The van der Waals surface area contributed by atoms with Crippen molar-refractivity contribution in [2.45, 2.75) is 14.7 Å². The van der Waals surface area contributed by atoms with Gasteiger partial charge in [-0.25, -0.2) is 25.3 Å². The van der Waals surface area contributed by atoms with Crippen molar-refractivity contribution < 1.29 is 25.3 Å². The molecule has 0 amide bonds. The van der Waals surface area contributed by atoms with Gasteiger partial charge in [-0.15, -0.1) is 0 Å². The monoisotopic (exact) mass is 956 g/mol. The van der Waals surface area contributed by atoms with Crippen LogP contribution in [0.3, 0.4) is 0 Å². The van der Waals surface area contributed by atoms with Crippen LogP contribution < -0.4 is 0 Å². The van der Waals surface area contributed by atoms with Crippen molar-refractivity contribution in [1.29, 1.82) is 0 Å². The molecule has 0 radical (unpaired) electrons. The Morgan fingerprint density at radius 3 is 1.41 bits per heavy atom. The van der Waals surface area contributed by atoms with E-state index >= 15 is 0 Å². The smallest absolute Gasteiger partial charge is 0.207 e. The van der Waals surface area contributed by atoms with Crippen molar-refractivity contribution in [3.05, 3.63) is 212 Å². The van der Waals surface area contributed by atoms with Crippen molar-refractivity contribution in [2.75, 3.05) is 0 Å². The van der Waals surface area contributed by atoms with Crippen LogP contribution in [0.5, 0.6) is 0 Å². The van der Waals surface area contributed by atoms with Gasteiger partial charge in [-0.2, -0.15) is 0 Å². The summed E-state index contributed by atoms with van der Waals surface area (Å²) >= 11 is 0. The van der Waals surface area contributed by atoms with Crippen LogP contribution in [0.25, 0.3) is 76.5 Å². The van der Waals surface area contributed by atoms with E-state index in [4.69, 9.17) is 32.0 Å². The SMILES string of the molecule is O=S(=O)(Cl)c1c(-c2cccc3ccccc23)ccc2ccccc12.O=S(=O)(Cl)c1ccc2ccccc2c1-c1ccc2ccccc2c1.O=S(=O)(Cl)c1ccccc1-c1ccccc1. The number of rotatable bonds is 6. The highest BCUT2D eigenvalue weighted by molar-refractivity contribution is 8.14. The fourth-order valence-electron chi connectivity index (χ4n) is 7.81. The van der Waals surface area contributed by atoms with Gasteiger partial charge >= 0.3 is 0 Å². The molecule has 10 aromatic carbocycles. The first-order valence-electron chi connectivity index (χ1n) is 19.7. The molecule has 0 atom stereocenters. The lowest BCUT2D eigenvalue weighted by molar-refractivity contribution is 0.608. The maximum atomic E-state index is 12.3. The summed E-state index contributed by atoms with van der Waals surface area (Å²) in [7, 11) is 5.44. The summed E-state index contributed by atoms with van der Waals surface area (Å²) in [4.78, 5) is 0.444. The van der Waals surface area contributed by atoms with Gasteiger partial charge in [-0.1, -0.05) is 194 Å². The molecule has 0 N–H and O–H groups in total. The van der Waals surface area contributed by atoms with Crippen molar-refractivity contribution in [3.8, 4) is 33.4 Å². The van der Waals surface area contributed by atoms with Crippen LogP contribution in [0.15, 0.2) is 227 Å². The fraction of sp³-hybridized carbons (Fsp3) is 0. The minimum Gasteiger partial charge on any atom is -0.207 e. The average Bonchev–Trinajstić information content (AvgIpc) is 3.30. The van der Waals surface area contributed by atoms with E-state index in [1.54, 1.807) is 36.4 Å². The highest BCUT2D eigenvalue weighted by Crippen LogP contribution is 2.40. The van der Waals surface area contributed by atoms with Gasteiger partial charge in [0, 0.05) is 54.1 Å². The summed E-state index contributed by atoms with van der Waals surface area (Å²) in [6.45, 7) is 0. The third kappa shape index (κ3) is 9.71. The lowest BCUT2D eigenvalue weighted by Crippen LogP contribution is -1.97. The number of fused-ring (bicyclic) bond motifs is 4. The van der Waals surface area contributed by atoms with Crippen LogP contribution in [0.2, 0.25) is 0 Å². The zero-order valence-electron chi connectivity index (χ0n) is 33.5. The highest BCUT2D eigenvalue weighted by atomic mass is 35.7. The Bertz CT molecular complexity index is 3710. The van der Waals surface area contributed by atoms with Gasteiger partial charge in [0.25, 0.3) is 27.2 Å². The van der Waals surface area contributed by atoms with Crippen LogP contribution >= 0.6 is 32.0 Å². The molecule has 318 valence electrons. The van der Waals surface area contributed by atoms with Crippen LogP contribution in [0, 0.1) is 0 Å². The fourth-order valence-corrected chi connectivity index (χ4v) is 11.4. The zero-order valence-corrected chi connectivity index (χ0v) is 38.2. The predicted molar refractivity (Wildman–Crippen MR) is 265 cm³/mol. The average molecular weight is 958 g/mol. The summed E-state index contributed by atoms with van der Waals surface area (Å²) in [5.74, 6) is 0. The van der Waals surface area contributed by atoms with E-state index in [1.807, 2.05) is 170 Å². The second-order valence-corrected chi connectivity index (χ2v) is 22.2. The molecule has 10 aromatic rings. The molecule has 6 nitrogen and oxygen atoms in total. The van der Waals surface area contributed by atoms with E-state index < -0.39 is 27.2 Å². The number of benzene rings is 10. The van der Waals surface area contributed by atoms with Crippen LogP contribution in [0.1, 0.15) is 0 Å². The van der Waals surface area contributed by atoms with Crippen molar-refractivity contribution in [1.82, 2.24) is 0 Å². The van der Waals surface area contributed by atoms with E-state index in [0.29, 0.717) is 22.1 Å². The molecular weight excluding hydrogens is 923 g/mol. The van der Waals surface area contributed by atoms with E-state index in [1.165, 1.54) is 6.07 Å². The van der Waals surface area contributed by atoms with Crippen LogP contribution in [0.4, 0.5) is 0 Å². The summed E-state index contributed by atoms with van der Waals surface area (Å²) in [6, 6.07) is 65.9. The van der Waals surface area contributed by atoms with Crippen molar-refractivity contribution in [2.24, 2.45) is 0 Å². The molecule has 0 aromatic heterocycles. The van der Waals surface area contributed by atoms with Crippen molar-refractivity contribution in [3.63, 3.8) is 0 Å². The molecule has 0 aliphatic carbocycles. The molecule has 0 saturated carbocycles. The first kappa shape index (κ1) is 44.6. The Hall–Kier alpha value is -6.04. The zero-order chi connectivity index (χ0) is 45.1. The summed E-state index contributed by atoms with van der Waals surface area (Å²) < 4.78 is 71.7. The second-order valence-electron chi connectivity index (χ2n) is 14.6. The largest absolute Gasteiger partial charge is 0.262 e. The summed E-state index contributed by atoms with van der Waals surface area (Å²) in [6.07, 6.45) is 0. The Balaban J connectivity index is 0.000000134. The summed E-state index contributed by atoms with van der Waals surface area (Å²) in [5, 5.41) is 7.55. The number of halogens is 3. The Kier molecular flexibility index (Phi) is 12.9. The van der Waals surface area contributed by atoms with E-state index in [2.05, 4.69) is 0 Å².